The third-order valence-corrected chi connectivity index (χ3v) is 2.51. The van der Waals surface area contributed by atoms with E-state index in [4.69, 9.17) is 4.74 Å². The summed E-state index contributed by atoms with van der Waals surface area (Å²) in [5, 5.41) is 0. The van der Waals surface area contributed by atoms with E-state index in [0.29, 0.717) is 12.4 Å². The molecule has 0 saturated carbocycles. The number of aldehydes is 1. The van der Waals surface area contributed by atoms with E-state index in [1.54, 1.807) is 20.8 Å². The van der Waals surface area contributed by atoms with Gasteiger partial charge in [-0.25, -0.2) is 13.6 Å². The molecule has 0 radical (unpaired) electrons. The van der Waals surface area contributed by atoms with Crippen LogP contribution < -0.4 is 0 Å². The van der Waals surface area contributed by atoms with Crippen LogP contribution in [0.25, 0.3) is 0 Å². The van der Waals surface area contributed by atoms with E-state index in [2.05, 4.69) is 0 Å². The summed E-state index contributed by atoms with van der Waals surface area (Å²) < 4.78 is 31.6. The number of hydrogen-bond acceptors (Lipinski definition) is 3. The van der Waals surface area contributed by atoms with Gasteiger partial charge in [0.2, 0.25) is 0 Å². The van der Waals surface area contributed by atoms with E-state index in [1.165, 1.54) is 7.05 Å². The predicted molar refractivity (Wildman–Crippen MR) is 69.2 cm³/mol. The van der Waals surface area contributed by atoms with Crippen molar-refractivity contribution < 1.29 is 23.1 Å². The van der Waals surface area contributed by atoms with Gasteiger partial charge in [-0.2, -0.15) is 0 Å². The lowest BCUT2D eigenvalue weighted by Crippen LogP contribution is -2.37. The van der Waals surface area contributed by atoms with Gasteiger partial charge in [0, 0.05) is 18.7 Å². The zero-order chi connectivity index (χ0) is 15.5. The zero-order valence-electron chi connectivity index (χ0n) is 11.8. The van der Waals surface area contributed by atoms with Crippen molar-refractivity contribution in [2.24, 2.45) is 0 Å². The lowest BCUT2D eigenvalue weighted by atomic mass is 10.1. The van der Waals surface area contributed by atoms with Gasteiger partial charge in [0.05, 0.1) is 0 Å². The van der Waals surface area contributed by atoms with E-state index < -0.39 is 29.4 Å². The second kappa shape index (κ2) is 5.98. The van der Waals surface area contributed by atoms with Crippen LogP contribution in [0, 0.1) is 11.6 Å². The number of likely N-dealkylation sites (N-methyl/N-ethyl adjacent to an activating group) is 1. The van der Waals surface area contributed by atoms with Crippen LogP contribution in [0.4, 0.5) is 13.6 Å². The molecule has 0 fully saturated rings. The molecule has 1 unspecified atom stereocenters. The molecule has 0 spiro atoms. The van der Waals surface area contributed by atoms with Crippen molar-refractivity contribution in [2.45, 2.75) is 32.4 Å². The largest absolute Gasteiger partial charge is 0.444 e. The van der Waals surface area contributed by atoms with Crippen molar-refractivity contribution in [2.75, 3.05) is 7.05 Å². The molecule has 1 amide bonds. The monoisotopic (exact) mass is 285 g/mol. The molecule has 0 N–H and O–H groups in total. The second-order valence-corrected chi connectivity index (χ2v) is 5.34. The van der Waals surface area contributed by atoms with Gasteiger partial charge in [-0.05, 0) is 26.8 Å². The van der Waals surface area contributed by atoms with E-state index in [9.17, 15) is 18.4 Å². The highest BCUT2D eigenvalue weighted by atomic mass is 19.1. The molecule has 0 aromatic heterocycles. The van der Waals surface area contributed by atoms with Crippen LogP contribution in [0.15, 0.2) is 18.2 Å². The molecule has 1 aromatic carbocycles. The Kier molecular flexibility index (Phi) is 4.81. The molecule has 20 heavy (non-hydrogen) atoms. The molecule has 6 heteroatoms. The van der Waals surface area contributed by atoms with Crippen LogP contribution in [0.5, 0.6) is 0 Å². The first-order chi connectivity index (χ1) is 9.15. The Morgan fingerprint density at radius 2 is 1.95 bits per heavy atom. The highest BCUT2D eigenvalue weighted by Crippen LogP contribution is 2.23. The van der Waals surface area contributed by atoms with E-state index in [-0.39, 0.29) is 5.56 Å². The minimum Gasteiger partial charge on any atom is -0.444 e. The third kappa shape index (κ3) is 4.01. The van der Waals surface area contributed by atoms with Crippen LogP contribution >= 0.6 is 0 Å². The molecule has 1 rings (SSSR count). The minimum absolute atomic E-state index is 0.0882. The van der Waals surface area contributed by atoms with Gasteiger partial charge in [-0.15, -0.1) is 0 Å². The molecule has 0 heterocycles. The molecule has 0 bridgehead atoms. The molecule has 1 atom stereocenters. The van der Waals surface area contributed by atoms with Gasteiger partial charge in [-0.3, -0.25) is 4.90 Å². The van der Waals surface area contributed by atoms with Gasteiger partial charge in [0.15, 0.2) is 0 Å². The van der Waals surface area contributed by atoms with E-state index in [1.807, 2.05) is 0 Å². The van der Waals surface area contributed by atoms with Crippen molar-refractivity contribution in [3.8, 4) is 0 Å². The maximum absolute atomic E-state index is 13.7. The lowest BCUT2D eigenvalue weighted by Gasteiger charge is -2.28. The molecule has 0 aliphatic rings. The maximum atomic E-state index is 13.7. The van der Waals surface area contributed by atoms with Crippen LogP contribution in [-0.4, -0.2) is 29.9 Å². The van der Waals surface area contributed by atoms with Crippen molar-refractivity contribution >= 4 is 12.4 Å². The summed E-state index contributed by atoms with van der Waals surface area (Å²) >= 11 is 0. The third-order valence-electron chi connectivity index (χ3n) is 2.51. The standard InChI is InChI=1S/C14H17F2NO3/c1-14(2,3)20-13(19)17(4)12(8-18)10-6-5-9(15)7-11(10)16/h5-8,12H,1-4H3. The Morgan fingerprint density at radius 1 is 1.35 bits per heavy atom. The van der Waals surface area contributed by atoms with Crippen LogP contribution in [0.2, 0.25) is 0 Å². The Morgan fingerprint density at radius 3 is 2.40 bits per heavy atom. The van der Waals surface area contributed by atoms with Gasteiger partial charge in [-0.1, -0.05) is 6.07 Å². The average molecular weight is 285 g/mol. The number of ether oxygens (including phenoxy) is 1. The summed E-state index contributed by atoms with van der Waals surface area (Å²) in [5.41, 5.74) is -0.824. The number of amides is 1. The number of carbonyl (C=O) groups excluding carboxylic acids is 2. The fourth-order valence-electron chi connectivity index (χ4n) is 1.56. The van der Waals surface area contributed by atoms with Crippen LogP contribution in [-0.2, 0) is 9.53 Å². The summed E-state index contributed by atoms with van der Waals surface area (Å²) in [7, 11) is 1.32. The zero-order valence-corrected chi connectivity index (χ0v) is 11.8. The summed E-state index contributed by atoms with van der Waals surface area (Å²) in [4.78, 5) is 24.0. The van der Waals surface area contributed by atoms with Crippen molar-refractivity contribution in [3.63, 3.8) is 0 Å². The minimum atomic E-state index is -1.18. The smallest absolute Gasteiger partial charge is 0.410 e. The molecule has 1 aromatic rings. The fraction of sp³-hybridized carbons (Fsp3) is 0.429. The van der Waals surface area contributed by atoms with Crippen molar-refractivity contribution in [3.05, 3.63) is 35.4 Å². The predicted octanol–water partition coefficient (Wildman–Crippen LogP) is 3.07. The number of carbonyl (C=O) groups is 2. The molecule has 4 nitrogen and oxygen atoms in total. The summed E-state index contributed by atoms with van der Waals surface area (Å²) in [6.07, 6.45) is -0.362. The Hall–Kier alpha value is -1.98. The summed E-state index contributed by atoms with van der Waals surface area (Å²) in [6.45, 7) is 5.02. The number of benzene rings is 1. The van der Waals surface area contributed by atoms with Crippen molar-refractivity contribution in [1.82, 2.24) is 4.90 Å². The van der Waals surface area contributed by atoms with Gasteiger partial charge in [0.1, 0.15) is 29.6 Å². The van der Waals surface area contributed by atoms with Gasteiger partial charge in [0.25, 0.3) is 0 Å². The first-order valence-corrected chi connectivity index (χ1v) is 6.02. The van der Waals surface area contributed by atoms with E-state index >= 15 is 0 Å². The van der Waals surface area contributed by atoms with E-state index in [0.717, 1.165) is 17.0 Å². The molecule has 0 aliphatic carbocycles. The van der Waals surface area contributed by atoms with Crippen molar-refractivity contribution in [1.29, 1.82) is 0 Å². The first-order valence-electron chi connectivity index (χ1n) is 6.02. The molecule has 0 saturated heterocycles. The van der Waals surface area contributed by atoms with Gasteiger partial charge >= 0.3 is 6.09 Å². The molecular formula is C14H17F2NO3. The second-order valence-electron chi connectivity index (χ2n) is 5.34. The maximum Gasteiger partial charge on any atom is 0.410 e. The number of rotatable bonds is 3. The normalized spacial score (nSPS) is 12.7. The molecular weight excluding hydrogens is 268 g/mol. The highest BCUT2D eigenvalue weighted by Gasteiger charge is 2.28. The quantitative estimate of drug-likeness (QED) is 0.802. The average Bonchev–Trinajstić information content (AvgIpc) is 2.30. The SMILES string of the molecule is CN(C(=O)OC(C)(C)C)C(C=O)c1ccc(F)cc1F. The lowest BCUT2D eigenvalue weighted by molar-refractivity contribution is -0.112. The van der Waals surface area contributed by atoms with Crippen LogP contribution in [0.3, 0.4) is 0 Å². The Balaban J connectivity index is 3.01. The fourth-order valence-corrected chi connectivity index (χ4v) is 1.56. The molecule has 0 aliphatic heterocycles. The first kappa shape index (κ1) is 16.1. The topological polar surface area (TPSA) is 46.6 Å². The summed E-state index contributed by atoms with van der Waals surface area (Å²) in [6, 6.07) is 1.64. The van der Waals surface area contributed by atoms with Crippen LogP contribution in [0.1, 0.15) is 32.4 Å². The van der Waals surface area contributed by atoms with Gasteiger partial charge < -0.3 is 9.53 Å². The number of nitrogens with zero attached hydrogens (tertiary/aromatic N) is 1. The summed E-state index contributed by atoms with van der Waals surface area (Å²) in [5.74, 6) is -1.65. The molecule has 110 valence electrons. The highest BCUT2D eigenvalue weighted by molar-refractivity contribution is 5.74. The number of hydrogen-bond donors (Lipinski definition) is 0. The Bertz CT molecular complexity index is 512. The Labute approximate surface area is 116 Å². The number of halogens is 2.